The van der Waals surface area contributed by atoms with Gasteiger partial charge in [0, 0.05) is 6.92 Å². The summed E-state index contributed by atoms with van der Waals surface area (Å²) in [6.07, 6.45) is 0.213. The maximum atomic E-state index is 13.5. The monoisotopic (exact) mass is 438 g/mol. The molecule has 2 aromatic carbocycles. The molecule has 156 valence electrons. The van der Waals surface area contributed by atoms with Crippen molar-refractivity contribution in [2.45, 2.75) is 24.3 Å². The normalized spacial score (nSPS) is 18.2. The number of benzene rings is 2. The van der Waals surface area contributed by atoms with Crippen LogP contribution < -0.4 is 14.4 Å². The highest BCUT2D eigenvalue weighted by atomic mass is 32.2. The number of carbonyl (C=O) groups excluding carboxylic acids is 1. The van der Waals surface area contributed by atoms with Gasteiger partial charge < -0.3 is 10.1 Å². The zero-order valence-corrected chi connectivity index (χ0v) is 17.7. The summed E-state index contributed by atoms with van der Waals surface area (Å²) in [5, 5.41) is 2.56. The molecule has 1 fully saturated rings. The van der Waals surface area contributed by atoms with Crippen LogP contribution in [0.3, 0.4) is 0 Å². The molecule has 1 aliphatic heterocycles. The van der Waals surface area contributed by atoms with Gasteiger partial charge in [-0.25, -0.2) is 16.8 Å². The zero-order chi connectivity index (χ0) is 21.2. The Morgan fingerprint density at radius 1 is 1.17 bits per heavy atom. The summed E-state index contributed by atoms with van der Waals surface area (Å²) >= 11 is 0. The first-order valence-corrected chi connectivity index (χ1v) is 12.2. The van der Waals surface area contributed by atoms with Crippen molar-refractivity contribution in [2.75, 3.05) is 28.2 Å². The molecule has 0 saturated carbocycles. The molecule has 1 saturated heterocycles. The van der Waals surface area contributed by atoms with Gasteiger partial charge in [-0.1, -0.05) is 18.2 Å². The highest BCUT2D eigenvalue weighted by Crippen LogP contribution is 2.34. The van der Waals surface area contributed by atoms with E-state index >= 15 is 0 Å². The highest BCUT2D eigenvalue weighted by molar-refractivity contribution is 7.93. The summed E-state index contributed by atoms with van der Waals surface area (Å²) in [6.45, 7) is 1.31. The first-order valence-electron chi connectivity index (χ1n) is 8.89. The molecule has 8 nitrogen and oxygen atoms in total. The molecule has 1 amide bonds. The van der Waals surface area contributed by atoms with Crippen LogP contribution in [0.5, 0.6) is 5.75 Å². The number of hydrogen-bond acceptors (Lipinski definition) is 6. The standard InChI is InChI=1S/C19H22N2O6S2/c1-14(22)20-18-12-17(8-9-19(18)27-2)29(25,26)21(15-6-4-3-5-7-15)16-10-11-28(23,24)13-16/h3-9,12,16H,10-11,13H2,1-2H3,(H,20,22)/t16-/m0/s1. The number of carbonyl (C=O) groups is 1. The molecule has 0 bridgehead atoms. The van der Waals surface area contributed by atoms with E-state index < -0.39 is 25.9 Å². The maximum Gasteiger partial charge on any atom is 0.264 e. The van der Waals surface area contributed by atoms with Gasteiger partial charge in [-0.05, 0) is 36.8 Å². The summed E-state index contributed by atoms with van der Waals surface area (Å²) in [5.41, 5.74) is 0.597. The number of amides is 1. The smallest absolute Gasteiger partial charge is 0.264 e. The number of anilines is 2. The van der Waals surface area contributed by atoms with Crippen LogP contribution in [0.1, 0.15) is 13.3 Å². The lowest BCUT2D eigenvalue weighted by Crippen LogP contribution is -2.41. The molecule has 2 aromatic rings. The van der Waals surface area contributed by atoms with Crippen molar-refractivity contribution < 1.29 is 26.4 Å². The lowest BCUT2D eigenvalue weighted by molar-refractivity contribution is -0.114. The Balaban J connectivity index is 2.11. The maximum absolute atomic E-state index is 13.5. The lowest BCUT2D eigenvalue weighted by atomic mass is 10.2. The lowest BCUT2D eigenvalue weighted by Gasteiger charge is -2.30. The second kappa shape index (κ2) is 8.03. The molecular formula is C19H22N2O6S2. The average Bonchev–Trinajstić information content (AvgIpc) is 3.01. The average molecular weight is 439 g/mol. The summed E-state index contributed by atoms with van der Waals surface area (Å²) in [5.74, 6) is -0.361. The van der Waals surface area contributed by atoms with Crippen LogP contribution in [0.15, 0.2) is 53.4 Å². The molecule has 10 heteroatoms. The Labute approximate surface area is 170 Å². The number of rotatable bonds is 6. The third kappa shape index (κ3) is 4.54. The summed E-state index contributed by atoms with van der Waals surface area (Å²) in [6, 6.07) is 11.8. The topological polar surface area (TPSA) is 110 Å². The van der Waals surface area contributed by atoms with Gasteiger partial charge in [-0.15, -0.1) is 0 Å². The molecule has 3 rings (SSSR count). The molecule has 1 atom stereocenters. The molecule has 0 spiro atoms. The number of sulfonamides is 1. The van der Waals surface area contributed by atoms with Gasteiger partial charge in [-0.3, -0.25) is 9.10 Å². The number of nitrogens with zero attached hydrogens (tertiary/aromatic N) is 1. The van der Waals surface area contributed by atoms with Gasteiger partial charge in [0.25, 0.3) is 10.0 Å². The van der Waals surface area contributed by atoms with E-state index in [9.17, 15) is 21.6 Å². The minimum atomic E-state index is -4.11. The molecule has 29 heavy (non-hydrogen) atoms. The van der Waals surface area contributed by atoms with Crippen molar-refractivity contribution >= 4 is 37.1 Å². The van der Waals surface area contributed by atoms with Crippen LogP contribution in [-0.4, -0.2) is 47.4 Å². The van der Waals surface area contributed by atoms with Gasteiger partial charge in [0.15, 0.2) is 9.84 Å². The molecule has 0 aromatic heterocycles. The number of sulfone groups is 1. The molecule has 0 radical (unpaired) electrons. The highest BCUT2D eigenvalue weighted by Gasteiger charge is 2.39. The van der Waals surface area contributed by atoms with Gasteiger partial charge in [-0.2, -0.15) is 0 Å². The third-order valence-corrected chi connectivity index (χ3v) is 8.22. The Morgan fingerprint density at radius 3 is 2.41 bits per heavy atom. The Kier molecular flexibility index (Phi) is 5.85. The fourth-order valence-electron chi connectivity index (χ4n) is 3.33. The predicted octanol–water partition coefficient (Wildman–Crippen LogP) is 2.04. The van der Waals surface area contributed by atoms with E-state index in [-0.39, 0.29) is 34.4 Å². The fraction of sp³-hybridized carbons (Fsp3) is 0.316. The number of ether oxygens (including phenoxy) is 1. The zero-order valence-electron chi connectivity index (χ0n) is 16.0. The first-order chi connectivity index (χ1) is 13.6. The minimum absolute atomic E-state index is 0.0593. The Bertz CT molecular complexity index is 1110. The van der Waals surface area contributed by atoms with Crippen LogP contribution in [0.25, 0.3) is 0 Å². The minimum Gasteiger partial charge on any atom is -0.495 e. The van der Waals surface area contributed by atoms with Gasteiger partial charge in [0.1, 0.15) is 5.75 Å². The molecular weight excluding hydrogens is 416 g/mol. The van der Waals surface area contributed by atoms with Crippen molar-refractivity contribution in [2.24, 2.45) is 0 Å². The summed E-state index contributed by atoms with van der Waals surface area (Å²) < 4.78 is 57.5. The van der Waals surface area contributed by atoms with Crippen LogP contribution in [0, 0.1) is 0 Å². The second-order valence-corrected chi connectivity index (χ2v) is 10.8. The number of methoxy groups -OCH3 is 1. The number of hydrogen-bond donors (Lipinski definition) is 1. The number of nitrogens with one attached hydrogen (secondary N) is 1. The van der Waals surface area contributed by atoms with Gasteiger partial charge in [0.05, 0.1) is 40.9 Å². The Hall–Kier alpha value is -2.59. The van der Waals surface area contributed by atoms with Crippen molar-refractivity contribution in [1.29, 1.82) is 0 Å². The van der Waals surface area contributed by atoms with E-state index in [2.05, 4.69) is 5.32 Å². The fourth-order valence-corrected chi connectivity index (χ4v) is 6.83. The molecule has 0 aliphatic carbocycles. The Morgan fingerprint density at radius 2 is 1.86 bits per heavy atom. The first kappa shape index (κ1) is 21.1. The van der Waals surface area contributed by atoms with Crippen LogP contribution in [0.2, 0.25) is 0 Å². The second-order valence-electron chi connectivity index (χ2n) is 6.74. The van der Waals surface area contributed by atoms with Crippen molar-refractivity contribution in [3.05, 3.63) is 48.5 Å². The van der Waals surface area contributed by atoms with Crippen molar-refractivity contribution in [3.8, 4) is 5.75 Å². The summed E-state index contributed by atoms with van der Waals surface area (Å²) in [7, 11) is -6.01. The van der Waals surface area contributed by atoms with E-state index in [1.807, 2.05) is 0 Å². The molecule has 1 heterocycles. The van der Waals surface area contributed by atoms with Crippen molar-refractivity contribution in [3.63, 3.8) is 0 Å². The van der Waals surface area contributed by atoms with E-state index in [0.717, 1.165) is 4.31 Å². The molecule has 0 unspecified atom stereocenters. The van der Waals surface area contributed by atoms with Gasteiger partial charge >= 0.3 is 0 Å². The molecule has 1 N–H and O–H groups in total. The largest absolute Gasteiger partial charge is 0.495 e. The van der Waals surface area contributed by atoms with Crippen molar-refractivity contribution in [1.82, 2.24) is 0 Å². The van der Waals surface area contributed by atoms with Gasteiger partial charge in [0.2, 0.25) is 5.91 Å². The van der Waals surface area contributed by atoms with Crippen LogP contribution in [0.4, 0.5) is 11.4 Å². The quantitative estimate of drug-likeness (QED) is 0.739. The predicted molar refractivity (Wildman–Crippen MR) is 110 cm³/mol. The van der Waals surface area contributed by atoms with Crippen LogP contribution in [-0.2, 0) is 24.7 Å². The third-order valence-electron chi connectivity index (χ3n) is 4.59. The number of para-hydroxylation sites is 1. The van der Waals surface area contributed by atoms with Crippen LogP contribution >= 0.6 is 0 Å². The van der Waals surface area contributed by atoms with E-state index in [1.54, 1.807) is 30.3 Å². The van der Waals surface area contributed by atoms with E-state index in [1.165, 1.54) is 32.2 Å². The molecule has 1 aliphatic rings. The summed E-state index contributed by atoms with van der Waals surface area (Å²) in [4.78, 5) is 11.4. The van der Waals surface area contributed by atoms with E-state index in [4.69, 9.17) is 4.74 Å². The van der Waals surface area contributed by atoms with E-state index in [0.29, 0.717) is 11.4 Å². The SMILES string of the molecule is COc1ccc(S(=O)(=O)N(c2ccccc2)[C@H]2CCS(=O)(=O)C2)cc1NC(C)=O.